The van der Waals surface area contributed by atoms with E-state index in [9.17, 15) is 30.0 Å². The molecule has 4 aromatic heterocycles. The number of aliphatic hydroxyl groups excluding tert-OH is 4. The van der Waals surface area contributed by atoms with Crippen molar-refractivity contribution in [3.05, 3.63) is 60.7 Å². The Kier molecular flexibility index (Phi) is 13.8. The minimum atomic E-state index is -1.25. The van der Waals surface area contributed by atoms with Gasteiger partial charge in [0.05, 0.1) is 24.7 Å². The van der Waals surface area contributed by atoms with Crippen LogP contribution in [0.2, 0.25) is 0 Å². The Morgan fingerprint density at radius 2 is 1.11 bits per heavy atom. The number of hydrogen-bond donors (Lipinski definition) is 10. The van der Waals surface area contributed by atoms with Crippen LogP contribution >= 0.6 is 0 Å². The van der Waals surface area contributed by atoms with Gasteiger partial charge in [0, 0.05) is 26.2 Å². The van der Waals surface area contributed by atoms with Gasteiger partial charge in [-0.2, -0.15) is 0 Å². The third-order valence-electron chi connectivity index (χ3n) is 11.2. The summed E-state index contributed by atoms with van der Waals surface area (Å²) in [7, 11) is 3.60. The number of carbonyl (C=O) groups excluding carboxylic acids is 2. The summed E-state index contributed by atoms with van der Waals surface area (Å²) in [5, 5.41) is 48.8. The third-order valence-corrected chi connectivity index (χ3v) is 11.2. The highest BCUT2D eigenvalue weighted by atomic mass is 16.6. The molecule has 0 spiro atoms. The van der Waals surface area contributed by atoms with Crippen LogP contribution in [0.25, 0.3) is 22.3 Å². The van der Waals surface area contributed by atoms with Crippen LogP contribution in [-0.2, 0) is 32.2 Å². The summed E-state index contributed by atoms with van der Waals surface area (Å²) in [5.41, 5.74) is 27.3. The molecule has 24 heteroatoms. The molecule has 1 aromatic carbocycles. The van der Waals surface area contributed by atoms with Crippen LogP contribution in [0.4, 0.5) is 11.6 Å². The standard InChI is InChI=1S/C38H54N16O8/c1-51(13-23-27(55)29(57)37(61-23)53-17-49-25-31(41)45-15-47-33(25)53)8-6-21(39)35(59)43-11-19-4-3-5-20(10-19)12-44-36(60)22(40)7-9-52(2)14-24-28(56)30(58)38(62-24)54-18-50-26-32(42)46-16-48-34(26)54/h3-5,10,15-18,21-24,27-30,37-38,55-58H,6-9,11-14,39-40H2,1-2H3,(H,43,59)(H,44,60)(H2,41,45,47)(H2,42,46,48)/t21-,22-,23+,24+,27+,28+,29+,30+,37+,38+/m0/s1. The van der Waals surface area contributed by atoms with Crippen molar-refractivity contribution in [1.29, 1.82) is 0 Å². The Morgan fingerprint density at radius 3 is 1.53 bits per heavy atom. The average molecular weight is 863 g/mol. The first-order chi connectivity index (χ1) is 29.7. The fourth-order valence-corrected chi connectivity index (χ4v) is 7.60. The average Bonchev–Trinajstić information content (AvgIpc) is 4.03. The van der Waals surface area contributed by atoms with Crippen molar-refractivity contribution in [2.45, 2.75) is 87.1 Å². The number of nitrogen functional groups attached to an aromatic ring is 2. The van der Waals surface area contributed by atoms with Crippen molar-refractivity contribution in [3.63, 3.8) is 0 Å². The number of aromatic nitrogens is 8. The molecule has 2 aliphatic rings. The molecule has 14 N–H and O–H groups in total. The number of fused-ring (bicyclic) bond motifs is 2. The van der Waals surface area contributed by atoms with E-state index < -0.39 is 61.2 Å². The van der Waals surface area contributed by atoms with Gasteiger partial charge in [0.15, 0.2) is 35.4 Å². The molecule has 24 nitrogen and oxygen atoms in total. The zero-order chi connectivity index (χ0) is 44.2. The molecular weight excluding hydrogens is 809 g/mol. The molecule has 0 aliphatic carbocycles. The Bertz CT molecular complexity index is 2180. The molecule has 10 atom stereocenters. The minimum Gasteiger partial charge on any atom is -0.387 e. The van der Waals surface area contributed by atoms with E-state index in [2.05, 4.69) is 40.5 Å². The number of benzene rings is 1. The Balaban J connectivity index is 0.796. The van der Waals surface area contributed by atoms with Gasteiger partial charge in [0.2, 0.25) is 11.8 Å². The van der Waals surface area contributed by atoms with Gasteiger partial charge >= 0.3 is 0 Å². The number of aliphatic hydroxyl groups is 4. The number of ether oxygens (including phenoxy) is 2. The molecule has 334 valence electrons. The SMILES string of the molecule is CN(CC[C@H](N)C(=O)NCc1cccc(CNC(=O)[C@@H](N)CCN(C)C[C@H]2O[C@@H](n3cnc4c(N)ncnc43)[C@H](O)[C@@H]2O)c1)C[C@H]1O[C@@H](n2cnc3c(N)ncnc32)[C@H](O)[C@@H]1O. The predicted octanol–water partition coefficient (Wildman–Crippen LogP) is -3.70. The Labute approximate surface area is 355 Å². The smallest absolute Gasteiger partial charge is 0.237 e. The first-order valence-corrected chi connectivity index (χ1v) is 20.1. The lowest BCUT2D eigenvalue weighted by Gasteiger charge is -2.24. The lowest BCUT2D eigenvalue weighted by Crippen LogP contribution is -2.44. The number of rotatable bonds is 18. The second kappa shape index (κ2) is 19.2. The van der Waals surface area contributed by atoms with Gasteiger partial charge in [-0.3, -0.25) is 18.7 Å². The fraction of sp³-hybridized carbons (Fsp3) is 0.526. The molecule has 2 saturated heterocycles. The molecule has 2 fully saturated rings. The number of nitrogens with zero attached hydrogens (tertiary/aromatic N) is 10. The molecule has 0 saturated carbocycles. The monoisotopic (exact) mass is 862 g/mol. The van der Waals surface area contributed by atoms with Crippen LogP contribution in [0.15, 0.2) is 49.6 Å². The number of nitrogens with two attached hydrogens (primary N) is 4. The van der Waals surface area contributed by atoms with Gasteiger partial charge in [-0.15, -0.1) is 0 Å². The van der Waals surface area contributed by atoms with E-state index in [-0.39, 0.29) is 49.6 Å². The summed E-state index contributed by atoms with van der Waals surface area (Å²) in [6.45, 7) is 1.77. The molecule has 0 radical (unpaired) electrons. The quantitative estimate of drug-likeness (QED) is 0.0405. The summed E-state index contributed by atoms with van der Waals surface area (Å²) in [4.78, 5) is 54.2. The third kappa shape index (κ3) is 9.73. The number of amides is 2. The lowest BCUT2D eigenvalue weighted by atomic mass is 10.1. The zero-order valence-electron chi connectivity index (χ0n) is 34.3. The van der Waals surface area contributed by atoms with Crippen LogP contribution in [-0.4, -0.2) is 170 Å². The molecule has 2 amide bonds. The van der Waals surface area contributed by atoms with Gasteiger partial charge in [0.1, 0.15) is 60.3 Å². The van der Waals surface area contributed by atoms with Crippen molar-refractivity contribution in [3.8, 4) is 0 Å². The maximum atomic E-state index is 12.9. The number of hydrogen-bond acceptors (Lipinski definition) is 20. The summed E-state index contributed by atoms with van der Waals surface area (Å²) in [6, 6.07) is 5.77. The normalized spacial score (nSPS) is 24.9. The van der Waals surface area contributed by atoms with Crippen LogP contribution in [0, 0.1) is 0 Å². The van der Waals surface area contributed by atoms with E-state index in [4.69, 9.17) is 32.4 Å². The lowest BCUT2D eigenvalue weighted by molar-refractivity contribution is -0.123. The molecule has 5 aromatic rings. The van der Waals surface area contributed by atoms with E-state index in [0.29, 0.717) is 48.3 Å². The van der Waals surface area contributed by atoms with Crippen molar-refractivity contribution in [2.75, 3.05) is 51.7 Å². The highest BCUT2D eigenvalue weighted by Crippen LogP contribution is 2.33. The number of anilines is 2. The molecule has 2 aliphatic heterocycles. The van der Waals surface area contributed by atoms with Crippen LogP contribution < -0.4 is 33.6 Å². The first kappa shape index (κ1) is 44.5. The van der Waals surface area contributed by atoms with Crippen molar-refractivity contribution < 1.29 is 39.5 Å². The summed E-state index contributed by atoms with van der Waals surface area (Å²) < 4.78 is 15.1. The van der Waals surface area contributed by atoms with Crippen LogP contribution in [0.1, 0.15) is 36.4 Å². The maximum Gasteiger partial charge on any atom is 0.237 e. The Morgan fingerprint density at radius 1 is 0.694 bits per heavy atom. The second-order valence-electron chi connectivity index (χ2n) is 15.8. The highest BCUT2D eigenvalue weighted by molar-refractivity contribution is 5.83. The number of likely N-dealkylation sites (N-methyl/N-ethyl adjacent to an activating group) is 2. The first-order valence-electron chi connectivity index (χ1n) is 20.1. The molecule has 6 heterocycles. The van der Waals surface area contributed by atoms with E-state index in [1.807, 2.05) is 34.1 Å². The van der Waals surface area contributed by atoms with Gasteiger partial charge in [-0.1, -0.05) is 24.3 Å². The summed E-state index contributed by atoms with van der Waals surface area (Å²) >= 11 is 0. The summed E-state index contributed by atoms with van der Waals surface area (Å²) in [6.07, 6.45) is -2.17. The number of nitrogens with one attached hydrogen (secondary N) is 2. The predicted molar refractivity (Wildman–Crippen MR) is 222 cm³/mol. The molecule has 0 unspecified atom stereocenters. The van der Waals surface area contributed by atoms with Crippen molar-refractivity contribution in [2.24, 2.45) is 11.5 Å². The molecular formula is C38H54N16O8. The summed E-state index contributed by atoms with van der Waals surface area (Å²) in [5.74, 6) is -0.309. The number of carbonyl (C=O) groups is 2. The largest absolute Gasteiger partial charge is 0.387 e. The fourth-order valence-electron chi connectivity index (χ4n) is 7.60. The second-order valence-corrected chi connectivity index (χ2v) is 15.8. The molecule has 7 rings (SSSR count). The maximum absolute atomic E-state index is 12.9. The van der Waals surface area contributed by atoms with Gasteiger partial charge < -0.3 is 73.3 Å². The minimum absolute atomic E-state index is 0.187. The highest BCUT2D eigenvalue weighted by Gasteiger charge is 2.46. The van der Waals surface area contributed by atoms with Gasteiger partial charge in [0.25, 0.3) is 0 Å². The van der Waals surface area contributed by atoms with Crippen LogP contribution in [0.5, 0.6) is 0 Å². The molecule has 62 heavy (non-hydrogen) atoms. The van der Waals surface area contributed by atoms with E-state index in [1.165, 1.54) is 34.4 Å². The van der Waals surface area contributed by atoms with Gasteiger partial charge in [-0.05, 0) is 51.2 Å². The van der Waals surface area contributed by atoms with E-state index in [1.54, 1.807) is 14.1 Å². The van der Waals surface area contributed by atoms with Gasteiger partial charge in [-0.25, -0.2) is 29.9 Å². The zero-order valence-corrected chi connectivity index (χ0v) is 34.3. The van der Waals surface area contributed by atoms with E-state index in [0.717, 1.165) is 11.1 Å². The topological polar surface area (TPSA) is 355 Å². The number of imidazole rings is 2. The van der Waals surface area contributed by atoms with Crippen molar-refractivity contribution in [1.82, 2.24) is 59.5 Å². The van der Waals surface area contributed by atoms with E-state index >= 15 is 0 Å². The molecule has 0 bridgehead atoms. The van der Waals surface area contributed by atoms with Crippen molar-refractivity contribution >= 4 is 45.8 Å². The Hall–Kier alpha value is -5.54. The van der Waals surface area contributed by atoms with Crippen LogP contribution in [0.3, 0.4) is 0 Å².